The van der Waals surface area contributed by atoms with Gasteiger partial charge in [0.2, 0.25) is 0 Å². The molecule has 7 heteroatoms. The van der Waals surface area contributed by atoms with E-state index in [1.165, 1.54) is 78.6 Å². The van der Waals surface area contributed by atoms with Crippen molar-refractivity contribution >= 4 is 74.6 Å². The number of aromatic nitrogens is 1. The molecule has 1 aliphatic carbocycles. The number of carbonyl (C=O) groups is 1. The molecule has 3 nitrogen and oxygen atoms in total. The molecule has 59 heavy (non-hydrogen) atoms. The largest absolute Gasteiger partial charge is 0.512 e. The number of hydrogen-bond donors (Lipinski definition) is 1. The molecule has 1 aliphatic rings. The van der Waals surface area contributed by atoms with Gasteiger partial charge in [-0.05, 0) is 88.3 Å². The van der Waals surface area contributed by atoms with Crippen molar-refractivity contribution < 1.29 is 30.0 Å². The number of rotatable bonds is 11. The van der Waals surface area contributed by atoms with Crippen molar-refractivity contribution in [2.45, 2.75) is 140 Å². The first-order valence-electron chi connectivity index (χ1n) is 22.2. The zero-order chi connectivity index (χ0) is 43.1. The van der Waals surface area contributed by atoms with Crippen LogP contribution >= 0.6 is 11.3 Å². The van der Waals surface area contributed by atoms with E-state index in [1.54, 1.807) is 0 Å². The fourth-order valence-electron chi connectivity index (χ4n) is 9.74. The number of hydrogen-bond acceptors (Lipinski definition) is 4. The Morgan fingerprint density at radius 3 is 1.90 bits per heavy atom. The van der Waals surface area contributed by atoms with Gasteiger partial charge in [0, 0.05) is 59.3 Å². The average molecular weight is 1030 g/mol. The van der Waals surface area contributed by atoms with Gasteiger partial charge >= 0.3 is 0 Å². The Hall–Kier alpha value is -2.42. The van der Waals surface area contributed by atoms with Gasteiger partial charge in [-0.1, -0.05) is 150 Å². The van der Waals surface area contributed by atoms with Gasteiger partial charge in [-0.15, -0.1) is 40.1 Å². The molecule has 2 heterocycles. The van der Waals surface area contributed by atoms with Gasteiger partial charge in [-0.25, -0.2) is 0 Å². The van der Waals surface area contributed by atoms with Crippen LogP contribution in [0.4, 0.5) is 0 Å². The Morgan fingerprint density at radius 2 is 1.36 bits per heavy atom. The molecule has 323 valence electrons. The number of ketones is 1. The molecule has 1 radical (unpaired) electrons. The van der Waals surface area contributed by atoms with E-state index in [-0.39, 0.29) is 43.5 Å². The summed E-state index contributed by atoms with van der Waals surface area (Å²) in [6.07, 6.45) is 8.96. The van der Waals surface area contributed by atoms with E-state index in [2.05, 4.69) is 169 Å². The molecule has 0 aliphatic heterocycles. The second-order valence-corrected chi connectivity index (χ2v) is 32.8. The Kier molecular flexibility index (Phi) is 16.1. The molecule has 0 bridgehead atoms. The number of nitrogens with zero attached hydrogens (tertiary/aromatic N) is 1. The molecule has 0 spiro atoms. The Labute approximate surface area is 377 Å². The maximum atomic E-state index is 12.3. The summed E-state index contributed by atoms with van der Waals surface area (Å²) >= 11 is 1.96. The van der Waals surface area contributed by atoms with Crippen LogP contribution < -0.4 is 10.4 Å². The van der Waals surface area contributed by atoms with Crippen molar-refractivity contribution in [1.82, 2.24) is 4.98 Å². The average Bonchev–Trinajstić information content (AvgIpc) is 3.48. The van der Waals surface area contributed by atoms with Crippen LogP contribution in [0.3, 0.4) is 0 Å². The van der Waals surface area contributed by atoms with Crippen LogP contribution in [0.2, 0.25) is 39.3 Å². The molecule has 5 aromatic rings. The maximum Gasteiger partial charge on any atom is 0.162 e. The number of carbonyl (C=O) groups excluding carboxylic acids is 1. The molecule has 3 aromatic carbocycles. The molecule has 1 saturated carbocycles. The quantitative estimate of drug-likeness (QED) is 0.0621. The minimum Gasteiger partial charge on any atom is -0.512 e. The minimum atomic E-state index is -1.61. The number of pyridine rings is 1. The number of aliphatic hydroxyl groups excluding tert-OH is 1. The summed E-state index contributed by atoms with van der Waals surface area (Å²) < 4.78 is 2.77. The molecule has 0 unspecified atom stereocenters. The van der Waals surface area contributed by atoms with Crippen molar-refractivity contribution in [3.63, 3.8) is 0 Å². The van der Waals surface area contributed by atoms with Gasteiger partial charge in [-0.2, -0.15) is 0 Å². The zero-order valence-corrected chi connectivity index (χ0v) is 44.4. The van der Waals surface area contributed by atoms with Crippen molar-refractivity contribution in [1.29, 1.82) is 0 Å². The van der Waals surface area contributed by atoms with E-state index in [9.17, 15) is 9.90 Å². The fraction of sp³-hybridized carbons (Fsp3) is 0.538. The van der Waals surface area contributed by atoms with Crippen LogP contribution in [0.1, 0.15) is 106 Å². The Bertz CT molecular complexity index is 2240. The molecule has 0 saturated heterocycles. The first-order valence-corrected chi connectivity index (χ1v) is 30.0. The van der Waals surface area contributed by atoms with Crippen LogP contribution in [0.15, 0.2) is 66.6 Å². The van der Waals surface area contributed by atoms with Crippen molar-refractivity contribution in [3.05, 3.63) is 78.2 Å². The fourth-order valence-corrected chi connectivity index (χ4v) is 14.2. The minimum absolute atomic E-state index is 0. The van der Waals surface area contributed by atoms with E-state index in [0.717, 1.165) is 11.3 Å². The number of allylic oxidation sites excluding steroid dienone is 2. The van der Waals surface area contributed by atoms with Crippen molar-refractivity contribution in [2.24, 2.45) is 40.9 Å². The molecular formula is C52H74IrNO2SSi2-. The summed E-state index contributed by atoms with van der Waals surface area (Å²) in [5.41, 5.74) is 4.29. The summed E-state index contributed by atoms with van der Waals surface area (Å²) in [5.74, 6) is 2.32. The van der Waals surface area contributed by atoms with E-state index < -0.39 is 16.1 Å². The predicted octanol–water partition coefficient (Wildman–Crippen LogP) is 14.7. The monoisotopic (exact) mass is 1030 g/mol. The first kappa shape index (κ1) is 49.2. The van der Waals surface area contributed by atoms with Gasteiger partial charge < -0.3 is 5.11 Å². The number of benzene rings is 3. The summed E-state index contributed by atoms with van der Waals surface area (Å²) in [4.78, 5) is 17.6. The number of aliphatic hydroxyl groups is 1. The van der Waals surface area contributed by atoms with Crippen molar-refractivity contribution in [3.8, 4) is 11.3 Å². The SMILES string of the molecule is CC(C)C(C(=O)/C=C(\O)C(C(C)C)C(C)C)C(C)C.CC1(C)CCC(c2ccc3c(c2)sc2c(-c4[c-]c5ccccc5c([Si](C)(C)C)c4)ncc([Si](C)(C)C)c23)CC1.[Ir]. The Balaban J connectivity index is 0.000000329. The van der Waals surface area contributed by atoms with Gasteiger partial charge in [0.25, 0.3) is 0 Å². The van der Waals surface area contributed by atoms with E-state index in [1.807, 2.05) is 11.3 Å². The van der Waals surface area contributed by atoms with Gasteiger partial charge in [-0.3, -0.25) is 9.78 Å². The first-order chi connectivity index (χ1) is 26.9. The van der Waals surface area contributed by atoms with Crippen LogP contribution in [-0.2, 0) is 24.9 Å². The summed E-state index contributed by atoms with van der Waals surface area (Å²) in [5, 5.41) is 18.7. The predicted molar refractivity (Wildman–Crippen MR) is 262 cm³/mol. The topological polar surface area (TPSA) is 50.2 Å². The molecule has 0 atom stereocenters. The van der Waals surface area contributed by atoms with Crippen LogP contribution in [0.25, 0.3) is 42.2 Å². The normalized spacial score (nSPS) is 15.6. The standard InChI is InChI=1S/C35H42NSSi2.C17H32O2.Ir/c1-35(2)17-15-23(16-18-35)24-13-14-28-29(20-24)37-34-32(28)31(39(6,7)8)22-36-33(34)26-19-25-11-9-10-12-27(25)30(21-26)38(3,4)5;1-10(2)16(11(3)4)14(18)9-15(19)17(12(5)6)13(7)8;/h9-14,20-23H,15-18H2,1-8H3;9-13,16-18H,1-8H3;/q-1;;/b;14-9-;. The summed E-state index contributed by atoms with van der Waals surface area (Å²) in [6, 6.07) is 22.4. The van der Waals surface area contributed by atoms with Crippen LogP contribution in [0, 0.1) is 47.0 Å². The second kappa shape index (κ2) is 19.3. The second-order valence-electron chi connectivity index (χ2n) is 21.7. The molecule has 1 N–H and O–H groups in total. The van der Waals surface area contributed by atoms with Gasteiger partial charge in [0.05, 0.1) is 21.9 Å². The van der Waals surface area contributed by atoms with E-state index >= 15 is 0 Å². The van der Waals surface area contributed by atoms with Crippen LogP contribution in [-0.4, -0.2) is 32.0 Å². The van der Waals surface area contributed by atoms with E-state index in [0.29, 0.717) is 35.0 Å². The van der Waals surface area contributed by atoms with Gasteiger partial charge in [0.15, 0.2) is 5.78 Å². The molecule has 2 aromatic heterocycles. The van der Waals surface area contributed by atoms with E-state index in [4.69, 9.17) is 4.98 Å². The molecule has 0 amide bonds. The van der Waals surface area contributed by atoms with Crippen LogP contribution in [0.5, 0.6) is 0 Å². The number of thiophene rings is 1. The third kappa shape index (κ3) is 11.3. The Morgan fingerprint density at radius 1 is 0.797 bits per heavy atom. The molecule has 6 rings (SSSR count). The van der Waals surface area contributed by atoms with Gasteiger partial charge in [0.1, 0.15) is 0 Å². The maximum absolute atomic E-state index is 12.3. The summed E-state index contributed by atoms with van der Waals surface area (Å²) in [7, 11) is -3.18. The molecule has 1 fully saturated rings. The summed E-state index contributed by atoms with van der Waals surface area (Å²) in [6.45, 7) is 36.2. The molecular weight excluding hydrogens is 951 g/mol. The zero-order valence-electron chi connectivity index (χ0n) is 39.2. The third-order valence-electron chi connectivity index (χ3n) is 12.8. The van der Waals surface area contributed by atoms with Crippen molar-refractivity contribution in [2.75, 3.05) is 0 Å². The number of fused-ring (bicyclic) bond motifs is 4. The smallest absolute Gasteiger partial charge is 0.162 e. The third-order valence-corrected chi connectivity index (χ3v) is 18.0.